The molecule has 0 aliphatic rings. The molecule has 0 aliphatic heterocycles. The Morgan fingerprint density at radius 2 is 2.09 bits per heavy atom. The number of benzene rings is 1. The lowest BCUT2D eigenvalue weighted by molar-refractivity contribution is -0.111. The van der Waals surface area contributed by atoms with Gasteiger partial charge in [-0.15, -0.1) is 21.5 Å². The fourth-order valence-corrected chi connectivity index (χ4v) is 3.54. The van der Waals surface area contributed by atoms with E-state index in [2.05, 4.69) is 20.5 Å². The van der Waals surface area contributed by atoms with E-state index >= 15 is 0 Å². The highest BCUT2D eigenvalue weighted by Crippen LogP contribution is 2.29. The predicted octanol–water partition coefficient (Wildman–Crippen LogP) is 3.80. The van der Waals surface area contributed by atoms with Crippen molar-refractivity contribution < 1.29 is 4.79 Å². The first-order chi connectivity index (χ1) is 10.8. The third-order valence-corrected chi connectivity index (χ3v) is 5.02. The molecule has 8 heteroatoms. The number of aromatic nitrogens is 3. The van der Waals surface area contributed by atoms with Gasteiger partial charge >= 0.3 is 0 Å². The summed E-state index contributed by atoms with van der Waals surface area (Å²) in [7, 11) is 0. The van der Waals surface area contributed by atoms with E-state index in [9.17, 15) is 4.79 Å². The van der Waals surface area contributed by atoms with Crippen LogP contribution >= 0.6 is 34.4 Å². The molecule has 0 spiro atoms. The summed E-state index contributed by atoms with van der Waals surface area (Å²) in [5.41, 5.74) is 2.45. The minimum atomic E-state index is -0.181. The van der Waals surface area contributed by atoms with E-state index in [-0.39, 0.29) is 5.91 Å². The minimum absolute atomic E-state index is 0.181. The van der Waals surface area contributed by atoms with Gasteiger partial charge in [0.2, 0.25) is 5.91 Å². The zero-order valence-corrected chi connectivity index (χ0v) is 13.6. The molecule has 1 N–H and O–H groups in total. The maximum Gasteiger partial charge on any atom is 0.248 e. The average Bonchev–Trinajstić information content (AvgIpc) is 3.20. The van der Waals surface area contributed by atoms with Crippen LogP contribution in [0, 0.1) is 0 Å². The van der Waals surface area contributed by atoms with Crippen LogP contribution in [0.4, 0.5) is 5.69 Å². The first-order valence-electron chi connectivity index (χ1n) is 6.22. The van der Waals surface area contributed by atoms with Gasteiger partial charge in [0.1, 0.15) is 10.5 Å². The van der Waals surface area contributed by atoms with Crippen molar-refractivity contribution in [1.29, 1.82) is 0 Å². The third kappa shape index (κ3) is 4.23. The molecule has 2 aromatic heterocycles. The van der Waals surface area contributed by atoms with E-state index < -0.39 is 0 Å². The van der Waals surface area contributed by atoms with Crippen LogP contribution in [0.25, 0.3) is 6.08 Å². The number of anilines is 1. The van der Waals surface area contributed by atoms with Gasteiger partial charge in [-0.2, -0.15) is 0 Å². The van der Waals surface area contributed by atoms with E-state index in [1.807, 2.05) is 29.6 Å². The molecule has 2 heterocycles. The Labute approximate surface area is 139 Å². The minimum Gasteiger partial charge on any atom is -0.323 e. The second kappa shape index (κ2) is 7.30. The summed E-state index contributed by atoms with van der Waals surface area (Å²) < 4.78 is 0.892. The van der Waals surface area contributed by atoms with Crippen molar-refractivity contribution >= 4 is 52.1 Å². The quantitative estimate of drug-likeness (QED) is 0.712. The maximum absolute atomic E-state index is 11.8. The lowest BCUT2D eigenvalue weighted by Gasteiger charge is -2.03. The number of thiazole rings is 1. The van der Waals surface area contributed by atoms with Crippen LogP contribution < -0.4 is 5.32 Å². The van der Waals surface area contributed by atoms with Gasteiger partial charge in [-0.1, -0.05) is 23.1 Å². The summed E-state index contributed by atoms with van der Waals surface area (Å²) in [6, 6.07) is 7.59. The Morgan fingerprint density at radius 3 is 2.77 bits per heavy atom. The molecule has 5 nitrogen and oxygen atoms in total. The number of hydrogen-bond donors (Lipinski definition) is 1. The Bertz CT molecular complexity index is 752. The molecule has 3 aromatic rings. The molecule has 22 heavy (non-hydrogen) atoms. The standard InChI is InChI=1S/C14H10N4OS3/c19-12(5-6-13-15-7-8-20-13)17-10-1-3-11(4-2-10)22-14-18-16-9-21-14/h1-9H,(H,17,19)/b6-5-. The van der Waals surface area contributed by atoms with E-state index in [1.165, 1.54) is 28.7 Å². The van der Waals surface area contributed by atoms with Gasteiger partial charge in [0.15, 0.2) is 4.34 Å². The molecule has 0 aliphatic carbocycles. The number of carbonyl (C=O) groups excluding carboxylic acids is 1. The molecule has 3 rings (SSSR count). The SMILES string of the molecule is O=C(/C=C\c1nccs1)Nc1ccc(Sc2nncs2)cc1. The number of rotatable bonds is 5. The van der Waals surface area contributed by atoms with Crippen LogP contribution in [0.1, 0.15) is 5.01 Å². The van der Waals surface area contributed by atoms with Crippen LogP contribution in [-0.2, 0) is 4.79 Å². The molecule has 0 bridgehead atoms. The lowest BCUT2D eigenvalue weighted by atomic mass is 10.3. The van der Waals surface area contributed by atoms with Crippen molar-refractivity contribution in [2.75, 3.05) is 5.32 Å². The number of nitrogens with one attached hydrogen (secondary N) is 1. The van der Waals surface area contributed by atoms with Crippen LogP contribution in [0.5, 0.6) is 0 Å². The molecule has 1 amide bonds. The Morgan fingerprint density at radius 1 is 1.23 bits per heavy atom. The molecule has 0 radical (unpaired) electrons. The molecular formula is C14H10N4OS3. The van der Waals surface area contributed by atoms with Crippen molar-refractivity contribution in [3.8, 4) is 0 Å². The van der Waals surface area contributed by atoms with E-state index in [0.29, 0.717) is 0 Å². The molecule has 0 unspecified atom stereocenters. The highest BCUT2D eigenvalue weighted by molar-refractivity contribution is 8.01. The smallest absolute Gasteiger partial charge is 0.248 e. The van der Waals surface area contributed by atoms with Crippen molar-refractivity contribution in [2.24, 2.45) is 0 Å². The predicted molar refractivity (Wildman–Crippen MR) is 90.3 cm³/mol. The van der Waals surface area contributed by atoms with Gasteiger partial charge in [0.05, 0.1) is 0 Å². The fraction of sp³-hybridized carbons (Fsp3) is 0. The maximum atomic E-state index is 11.8. The summed E-state index contributed by atoms with van der Waals surface area (Å²) in [5, 5.41) is 13.3. The van der Waals surface area contributed by atoms with Crippen molar-refractivity contribution in [3.63, 3.8) is 0 Å². The van der Waals surface area contributed by atoms with Crippen molar-refractivity contribution in [2.45, 2.75) is 9.24 Å². The summed E-state index contributed by atoms with van der Waals surface area (Å²) in [6.45, 7) is 0. The zero-order valence-electron chi connectivity index (χ0n) is 11.2. The summed E-state index contributed by atoms with van der Waals surface area (Å²) in [6.07, 6.45) is 4.87. The first kappa shape index (κ1) is 14.9. The van der Waals surface area contributed by atoms with E-state index in [1.54, 1.807) is 29.5 Å². The van der Waals surface area contributed by atoms with Gasteiger partial charge in [-0.05, 0) is 30.3 Å². The van der Waals surface area contributed by atoms with Gasteiger partial charge in [0, 0.05) is 28.2 Å². The van der Waals surface area contributed by atoms with Gasteiger partial charge < -0.3 is 5.32 Å². The molecule has 0 saturated heterocycles. The van der Waals surface area contributed by atoms with E-state index in [4.69, 9.17) is 0 Å². The Hall–Kier alpha value is -2.03. The van der Waals surface area contributed by atoms with Crippen LogP contribution in [-0.4, -0.2) is 21.1 Å². The van der Waals surface area contributed by atoms with E-state index in [0.717, 1.165) is 19.9 Å². The number of hydrogen-bond acceptors (Lipinski definition) is 7. The van der Waals surface area contributed by atoms with Crippen LogP contribution in [0.15, 0.2) is 56.7 Å². The zero-order chi connectivity index (χ0) is 15.2. The fourth-order valence-electron chi connectivity index (χ4n) is 1.56. The van der Waals surface area contributed by atoms with Crippen LogP contribution in [0.2, 0.25) is 0 Å². The van der Waals surface area contributed by atoms with Gasteiger partial charge in [-0.3, -0.25) is 4.79 Å². The second-order valence-electron chi connectivity index (χ2n) is 4.02. The molecule has 0 atom stereocenters. The van der Waals surface area contributed by atoms with Crippen LogP contribution in [0.3, 0.4) is 0 Å². The Kier molecular flexibility index (Phi) is 4.94. The molecule has 0 saturated carbocycles. The highest BCUT2D eigenvalue weighted by Gasteiger charge is 2.02. The largest absolute Gasteiger partial charge is 0.323 e. The number of amides is 1. The first-order valence-corrected chi connectivity index (χ1v) is 8.80. The lowest BCUT2D eigenvalue weighted by Crippen LogP contribution is -2.07. The monoisotopic (exact) mass is 346 g/mol. The topological polar surface area (TPSA) is 67.8 Å². The summed E-state index contributed by atoms with van der Waals surface area (Å²) >= 11 is 4.52. The number of carbonyl (C=O) groups is 1. The summed E-state index contributed by atoms with van der Waals surface area (Å²) in [5.74, 6) is -0.181. The van der Waals surface area contributed by atoms with Crippen molar-refractivity contribution in [3.05, 3.63) is 52.4 Å². The Balaban J connectivity index is 1.57. The van der Waals surface area contributed by atoms with Gasteiger partial charge in [-0.25, -0.2) is 4.98 Å². The average molecular weight is 346 g/mol. The molecule has 1 aromatic carbocycles. The number of nitrogens with zero attached hydrogens (tertiary/aromatic N) is 3. The normalized spacial score (nSPS) is 10.9. The third-order valence-electron chi connectivity index (χ3n) is 2.50. The summed E-state index contributed by atoms with van der Waals surface area (Å²) in [4.78, 5) is 16.9. The molecule has 0 fully saturated rings. The molecule has 110 valence electrons. The molecular weight excluding hydrogens is 336 g/mol. The second-order valence-corrected chi connectivity index (χ2v) is 7.10. The van der Waals surface area contributed by atoms with Gasteiger partial charge in [0.25, 0.3) is 0 Å². The highest BCUT2D eigenvalue weighted by atomic mass is 32.2. The van der Waals surface area contributed by atoms with Crippen molar-refractivity contribution in [1.82, 2.24) is 15.2 Å².